The lowest BCUT2D eigenvalue weighted by atomic mass is 10.8. The van der Waals surface area contributed by atoms with Gasteiger partial charge in [0, 0.05) is 0 Å². The third-order valence-corrected chi connectivity index (χ3v) is 0.152. The molecule has 0 heterocycles. The van der Waals surface area contributed by atoms with Crippen molar-refractivity contribution >= 4 is 12.4 Å². The fourth-order valence-corrected chi connectivity index (χ4v) is 0. The zero-order valence-electron chi connectivity index (χ0n) is 7.00. The Balaban J connectivity index is -0.0000000553. The normalized spacial score (nSPS) is 7.57. The highest BCUT2D eigenvalue weighted by atomic mass is 35.5. The van der Waals surface area contributed by atoms with Crippen LogP contribution in [0.1, 0.15) is 0 Å². The molecular formula is C7H9ClF6. The van der Waals surface area contributed by atoms with Crippen LogP contribution < -0.4 is 0 Å². The van der Waals surface area contributed by atoms with E-state index >= 15 is 0 Å². The summed E-state index contributed by atoms with van der Waals surface area (Å²) in [7, 11) is 0. The second-order valence-corrected chi connectivity index (χ2v) is 1.34. The molecule has 0 aromatic heterocycles. The van der Waals surface area contributed by atoms with E-state index in [-0.39, 0.29) is 12.4 Å². The number of hydrogen-bond acceptors (Lipinski definition) is 0. The highest BCUT2D eigenvalue weighted by Gasteiger charge is 2.26. The number of rotatable bonds is 0. The van der Waals surface area contributed by atoms with E-state index in [0.29, 0.717) is 0 Å². The Morgan fingerprint density at radius 2 is 1.21 bits per heavy atom. The second-order valence-electron chi connectivity index (χ2n) is 1.34. The SMILES string of the molecule is C=C(F)F.C=C=C.Cl.FCC(F)(F)F. The Bertz CT molecular complexity index is 152. The van der Waals surface area contributed by atoms with Crippen molar-refractivity contribution in [3.63, 3.8) is 0 Å². The van der Waals surface area contributed by atoms with Crippen molar-refractivity contribution in [2.45, 2.75) is 6.18 Å². The van der Waals surface area contributed by atoms with Crippen molar-refractivity contribution in [1.82, 2.24) is 0 Å². The molecule has 0 atom stereocenters. The minimum absolute atomic E-state index is 0. The maximum Gasteiger partial charge on any atom is 0.416 e. The molecule has 14 heavy (non-hydrogen) atoms. The summed E-state index contributed by atoms with van der Waals surface area (Å²) < 4.78 is 61.9. The first-order valence-electron chi connectivity index (χ1n) is 2.63. The first kappa shape index (κ1) is 23.2. The summed E-state index contributed by atoms with van der Waals surface area (Å²) in [5.74, 6) is 0. The minimum atomic E-state index is -4.62. The second kappa shape index (κ2) is 14.6. The van der Waals surface area contributed by atoms with Crippen LogP contribution in [0.25, 0.3) is 0 Å². The molecule has 0 saturated heterocycles. The molecule has 0 saturated carbocycles. The zero-order chi connectivity index (χ0) is 11.5. The largest absolute Gasteiger partial charge is 0.416 e. The molecule has 0 aliphatic carbocycles. The molecule has 0 N–H and O–H groups in total. The van der Waals surface area contributed by atoms with Gasteiger partial charge >= 0.3 is 6.18 Å². The fourth-order valence-electron chi connectivity index (χ4n) is 0. The first-order valence-corrected chi connectivity index (χ1v) is 2.63. The van der Waals surface area contributed by atoms with Crippen LogP contribution in [0.2, 0.25) is 0 Å². The molecule has 0 aromatic carbocycles. The van der Waals surface area contributed by atoms with E-state index in [2.05, 4.69) is 25.5 Å². The molecule has 0 aliphatic heterocycles. The molecule has 0 unspecified atom stereocenters. The summed E-state index contributed by atoms with van der Waals surface area (Å²) >= 11 is 0. The van der Waals surface area contributed by atoms with Gasteiger partial charge in [-0.25, -0.2) is 4.39 Å². The molecule has 0 spiro atoms. The third-order valence-electron chi connectivity index (χ3n) is 0.152. The molecule has 0 amide bonds. The quantitative estimate of drug-likeness (QED) is 0.439. The van der Waals surface area contributed by atoms with Crippen LogP contribution in [-0.2, 0) is 0 Å². The Morgan fingerprint density at radius 1 is 1.14 bits per heavy atom. The summed E-state index contributed by atoms with van der Waals surface area (Å²) in [6.45, 7) is 6.24. The van der Waals surface area contributed by atoms with Crippen LogP contribution in [0.3, 0.4) is 0 Å². The van der Waals surface area contributed by atoms with Crippen molar-refractivity contribution in [3.8, 4) is 0 Å². The standard InChI is InChI=1S/C3H4.C2H2F4.C2H2F2.ClH/c1-3-2;3-1-2(4,5)6;1-2(3)4;/h1-2H2;1H2;1H2;1H. The summed E-state index contributed by atoms with van der Waals surface area (Å²) in [5, 5.41) is 0. The maximum absolute atomic E-state index is 10.4. The Kier molecular flexibility index (Phi) is 24.2. The van der Waals surface area contributed by atoms with Crippen molar-refractivity contribution in [3.05, 3.63) is 31.5 Å². The Labute approximate surface area is 84.0 Å². The molecule has 0 radical (unpaired) electrons. The van der Waals surface area contributed by atoms with Gasteiger partial charge < -0.3 is 0 Å². The Morgan fingerprint density at radius 3 is 1.21 bits per heavy atom. The summed E-state index contributed by atoms with van der Waals surface area (Å²) in [6.07, 6.45) is -6.46. The minimum Gasteiger partial charge on any atom is -0.241 e. The van der Waals surface area contributed by atoms with E-state index in [1.807, 2.05) is 0 Å². The summed E-state index contributed by atoms with van der Waals surface area (Å²) in [5.41, 5.74) is 2.25. The van der Waals surface area contributed by atoms with Gasteiger partial charge in [-0.2, -0.15) is 22.0 Å². The van der Waals surface area contributed by atoms with Crippen molar-refractivity contribution in [2.24, 2.45) is 0 Å². The predicted octanol–water partition coefficient (Wildman–Crippen LogP) is 4.29. The van der Waals surface area contributed by atoms with Gasteiger partial charge in [0.25, 0.3) is 6.08 Å². The predicted molar refractivity (Wildman–Crippen MR) is 45.4 cm³/mol. The van der Waals surface area contributed by atoms with E-state index in [9.17, 15) is 26.3 Å². The number of halogens is 7. The van der Waals surface area contributed by atoms with E-state index in [1.54, 1.807) is 0 Å². The fraction of sp³-hybridized carbons (Fsp3) is 0.286. The maximum atomic E-state index is 10.4. The van der Waals surface area contributed by atoms with Gasteiger partial charge in [-0.3, -0.25) is 0 Å². The van der Waals surface area contributed by atoms with E-state index in [0.717, 1.165) is 0 Å². The first-order chi connectivity index (χ1) is 5.71. The molecule has 7 heteroatoms. The van der Waals surface area contributed by atoms with Crippen LogP contribution in [0.4, 0.5) is 26.3 Å². The number of hydrogen-bond donors (Lipinski definition) is 0. The van der Waals surface area contributed by atoms with Gasteiger partial charge in [-0.05, 0) is 6.58 Å². The van der Waals surface area contributed by atoms with Crippen molar-refractivity contribution in [1.29, 1.82) is 0 Å². The van der Waals surface area contributed by atoms with Crippen LogP contribution >= 0.6 is 12.4 Å². The summed E-state index contributed by atoms with van der Waals surface area (Å²) in [4.78, 5) is 0. The lowest BCUT2D eigenvalue weighted by Gasteiger charge is -1.93. The highest BCUT2D eigenvalue weighted by Crippen LogP contribution is 2.13. The van der Waals surface area contributed by atoms with Crippen LogP contribution in [-0.4, -0.2) is 12.9 Å². The third kappa shape index (κ3) is 252. The average Bonchev–Trinajstić information content (AvgIpc) is 1.86. The molecular weight excluding hydrogens is 234 g/mol. The topological polar surface area (TPSA) is 0 Å². The molecule has 0 fully saturated rings. The lowest BCUT2D eigenvalue weighted by molar-refractivity contribution is -0.142. The van der Waals surface area contributed by atoms with Crippen molar-refractivity contribution < 1.29 is 26.3 Å². The van der Waals surface area contributed by atoms with Crippen LogP contribution in [0.5, 0.6) is 0 Å². The van der Waals surface area contributed by atoms with E-state index < -0.39 is 18.9 Å². The van der Waals surface area contributed by atoms with Gasteiger partial charge in [0.2, 0.25) is 0 Å². The molecule has 0 aromatic rings. The molecule has 0 aliphatic rings. The molecule has 0 rings (SSSR count). The van der Waals surface area contributed by atoms with E-state index in [4.69, 9.17) is 0 Å². The van der Waals surface area contributed by atoms with Crippen molar-refractivity contribution in [2.75, 3.05) is 6.67 Å². The summed E-state index contributed by atoms with van der Waals surface area (Å²) in [6, 6.07) is 0. The monoisotopic (exact) mass is 242 g/mol. The smallest absolute Gasteiger partial charge is 0.241 e. The Hall–Kier alpha value is -0.870. The zero-order valence-corrected chi connectivity index (χ0v) is 7.82. The van der Waals surface area contributed by atoms with Gasteiger partial charge in [-0.15, -0.1) is 18.1 Å². The highest BCUT2D eigenvalue weighted by molar-refractivity contribution is 5.85. The van der Waals surface area contributed by atoms with Crippen LogP contribution in [0, 0.1) is 0 Å². The number of alkyl halides is 4. The van der Waals surface area contributed by atoms with Gasteiger partial charge in [0.1, 0.15) is 0 Å². The van der Waals surface area contributed by atoms with Gasteiger partial charge in [0.05, 0.1) is 0 Å². The molecule has 86 valence electrons. The van der Waals surface area contributed by atoms with E-state index in [1.165, 1.54) is 0 Å². The lowest BCUT2D eigenvalue weighted by Crippen LogP contribution is -2.08. The van der Waals surface area contributed by atoms with Crippen LogP contribution in [0.15, 0.2) is 31.5 Å². The molecule has 0 bridgehead atoms. The molecule has 0 nitrogen and oxygen atoms in total. The van der Waals surface area contributed by atoms with Gasteiger partial charge in [0.15, 0.2) is 6.67 Å². The average molecular weight is 243 g/mol. The van der Waals surface area contributed by atoms with Gasteiger partial charge in [-0.1, -0.05) is 13.2 Å².